The molecule has 2 heterocycles. The second-order valence-electron chi connectivity index (χ2n) is 7.12. The van der Waals surface area contributed by atoms with Crippen molar-refractivity contribution >= 4 is 29.5 Å². The first kappa shape index (κ1) is 20.9. The van der Waals surface area contributed by atoms with Gasteiger partial charge in [0, 0.05) is 30.1 Å². The Bertz CT molecular complexity index is 1230. The third kappa shape index (κ3) is 4.52. The summed E-state index contributed by atoms with van der Waals surface area (Å²) in [6.45, 7) is 0.372. The van der Waals surface area contributed by atoms with Crippen LogP contribution in [0.25, 0.3) is 17.7 Å². The van der Waals surface area contributed by atoms with Gasteiger partial charge in [-0.05, 0) is 53.6 Å². The molecule has 1 aliphatic heterocycles. The lowest BCUT2D eigenvalue weighted by molar-refractivity contribution is -0.114. The third-order valence-corrected chi connectivity index (χ3v) is 4.98. The van der Waals surface area contributed by atoms with Crippen LogP contribution >= 0.6 is 0 Å². The van der Waals surface area contributed by atoms with Crippen LogP contribution in [0.3, 0.4) is 0 Å². The van der Waals surface area contributed by atoms with Crippen LogP contribution in [-0.2, 0) is 11.3 Å². The van der Waals surface area contributed by atoms with E-state index in [1.165, 1.54) is 7.11 Å². The highest BCUT2D eigenvalue weighted by atomic mass is 16.5. The van der Waals surface area contributed by atoms with Crippen LogP contribution in [0.5, 0.6) is 11.5 Å². The molecule has 0 saturated heterocycles. The van der Waals surface area contributed by atoms with Crippen molar-refractivity contribution in [2.24, 2.45) is 0 Å². The van der Waals surface area contributed by atoms with Gasteiger partial charge >= 0.3 is 0 Å². The highest BCUT2D eigenvalue weighted by molar-refractivity contribution is 6.31. The number of aromatic nitrogens is 1. The third-order valence-electron chi connectivity index (χ3n) is 4.98. The van der Waals surface area contributed by atoms with Gasteiger partial charge in [0.25, 0.3) is 11.8 Å². The summed E-state index contributed by atoms with van der Waals surface area (Å²) in [5.41, 5.74) is 3.77. The molecule has 2 aromatic carbocycles. The monoisotopic (exact) mass is 427 g/mol. The Hall–Kier alpha value is -4.39. The maximum Gasteiger partial charge on any atom is 0.260 e. The number of benzene rings is 2. The van der Waals surface area contributed by atoms with Crippen molar-refractivity contribution in [2.75, 3.05) is 7.11 Å². The van der Waals surface area contributed by atoms with Crippen molar-refractivity contribution < 1.29 is 19.4 Å². The normalized spacial score (nSPS) is 14.3. The molecule has 0 spiro atoms. The Kier molecular flexibility index (Phi) is 5.98. The number of amides is 2. The van der Waals surface area contributed by atoms with Crippen molar-refractivity contribution in [3.63, 3.8) is 0 Å². The fourth-order valence-corrected chi connectivity index (χ4v) is 3.36. The molecule has 0 radical (unpaired) electrons. The van der Waals surface area contributed by atoms with E-state index in [0.29, 0.717) is 29.0 Å². The standard InChI is InChI=1S/C25H21N3O4/c1-32-23-10-7-17(13-22(23)29)14-26-15-21-20-12-16(5-8-18-4-2-3-11-27-18)6-9-19(20)24(30)28-25(21)31/h2-13,15,26,29H,14H2,1H3,(H,28,30,31). The number of nitrogens with one attached hydrogen (secondary N) is 2. The zero-order valence-corrected chi connectivity index (χ0v) is 17.3. The number of carbonyl (C=O) groups excluding carboxylic acids is 2. The predicted molar refractivity (Wildman–Crippen MR) is 122 cm³/mol. The molecule has 0 aliphatic carbocycles. The number of rotatable bonds is 6. The van der Waals surface area contributed by atoms with Crippen LogP contribution in [0.2, 0.25) is 0 Å². The number of hydrogen-bond donors (Lipinski definition) is 3. The highest BCUT2D eigenvalue weighted by Crippen LogP contribution is 2.27. The number of methoxy groups -OCH3 is 1. The zero-order chi connectivity index (χ0) is 22.5. The van der Waals surface area contributed by atoms with E-state index in [9.17, 15) is 14.7 Å². The second kappa shape index (κ2) is 9.18. The Morgan fingerprint density at radius 2 is 1.91 bits per heavy atom. The maximum absolute atomic E-state index is 12.5. The van der Waals surface area contributed by atoms with Crippen LogP contribution in [0.4, 0.5) is 0 Å². The fourth-order valence-electron chi connectivity index (χ4n) is 3.36. The van der Waals surface area contributed by atoms with E-state index in [1.54, 1.807) is 36.7 Å². The van der Waals surface area contributed by atoms with E-state index in [2.05, 4.69) is 15.6 Å². The van der Waals surface area contributed by atoms with Gasteiger partial charge in [-0.2, -0.15) is 0 Å². The molecule has 2 amide bonds. The van der Waals surface area contributed by atoms with Crippen molar-refractivity contribution in [3.8, 4) is 11.5 Å². The summed E-state index contributed by atoms with van der Waals surface area (Å²) < 4.78 is 5.05. The van der Waals surface area contributed by atoms with E-state index < -0.39 is 11.8 Å². The second-order valence-corrected chi connectivity index (χ2v) is 7.12. The van der Waals surface area contributed by atoms with Crippen molar-refractivity contribution in [1.29, 1.82) is 0 Å². The summed E-state index contributed by atoms with van der Waals surface area (Å²) in [4.78, 5) is 29.0. The number of hydrogen-bond acceptors (Lipinski definition) is 6. The van der Waals surface area contributed by atoms with Crippen molar-refractivity contribution in [2.45, 2.75) is 6.54 Å². The van der Waals surface area contributed by atoms with Crippen LogP contribution in [0, 0.1) is 0 Å². The summed E-state index contributed by atoms with van der Waals surface area (Å²) in [6, 6.07) is 16.0. The molecule has 0 fully saturated rings. The number of aromatic hydroxyl groups is 1. The van der Waals surface area contributed by atoms with Crippen LogP contribution in [-0.4, -0.2) is 29.0 Å². The molecule has 0 atom stereocenters. The average molecular weight is 427 g/mol. The lowest BCUT2D eigenvalue weighted by Crippen LogP contribution is -2.37. The zero-order valence-electron chi connectivity index (χ0n) is 17.3. The first-order chi connectivity index (χ1) is 15.5. The SMILES string of the molecule is COc1ccc(CNC=C2C(=O)NC(=O)c3ccc(C=Cc4ccccn4)cc32)cc1O. The molecule has 1 aliphatic rings. The molecular weight excluding hydrogens is 406 g/mol. The highest BCUT2D eigenvalue weighted by Gasteiger charge is 2.27. The summed E-state index contributed by atoms with van der Waals surface area (Å²) in [6.07, 6.45) is 7.04. The molecule has 160 valence electrons. The topological polar surface area (TPSA) is 101 Å². The van der Waals surface area contributed by atoms with E-state index in [4.69, 9.17) is 4.74 Å². The van der Waals surface area contributed by atoms with E-state index >= 15 is 0 Å². The minimum Gasteiger partial charge on any atom is -0.504 e. The first-order valence-corrected chi connectivity index (χ1v) is 9.94. The van der Waals surface area contributed by atoms with Crippen LogP contribution in [0.1, 0.15) is 32.7 Å². The van der Waals surface area contributed by atoms with Crippen molar-refractivity contribution in [3.05, 3.63) is 94.9 Å². The summed E-state index contributed by atoms with van der Waals surface area (Å²) in [5.74, 6) is -0.478. The Balaban J connectivity index is 1.58. The van der Waals surface area contributed by atoms with Gasteiger partial charge in [0.2, 0.25) is 0 Å². The molecule has 0 unspecified atom stereocenters. The van der Waals surface area contributed by atoms with E-state index in [0.717, 1.165) is 16.8 Å². The molecule has 3 aromatic rings. The Labute approximate surface area is 185 Å². The molecule has 0 bridgehead atoms. The molecule has 32 heavy (non-hydrogen) atoms. The summed E-state index contributed by atoms with van der Waals surface area (Å²) in [7, 11) is 1.48. The van der Waals surface area contributed by atoms with Gasteiger partial charge in [-0.1, -0.05) is 24.3 Å². The molecule has 7 heteroatoms. The smallest absolute Gasteiger partial charge is 0.260 e. The van der Waals surface area contributed by atoms with Gasteiger partial charge in [-0.3, -0.25) is 19.9 Å². The lowest BCUT2D eigenvalue weighted by atomic mass is 9.93. The largest absolute Gasteiger partial charge is 0.504 e. The van der Waals surface area contributed by atoms with Gasteiger partial charge < -0.3 is 15.2 Å². The van der Waals surface area contributed by atoms with Gasteiger partial charge in [0.1, 0.15) is 0 Å². The van der Waals surface area contributed by atoms with Crippen molar-refractivity contribution in [1.82, 2.24) is 15.6 Å². The quantitative estimate of drug-likeness (QED) is 0.412. The molecule has 0 saturated carbocycles. The fraction of sp³-hybridized carbons (Fsp3) is 0.0800. The van der Waals surface area contributed by atoms with Gasteiger partial charge in [0.05, 0.1) is 18.4 Å². The molecule has 3 N–H and O–H groups in total. The number of nitrogens with zero attached hydrogens (tertiary/aromatic N) is 1. The number of fused-ring (bicyclic) bond motifs is 1. The molecular formula is C25H21N3O4. The first-order valence-electron chi connectivity index (χ1n) is 9.94. The van der Waals surface area contributed by atoms with E-state index in [1.807, 2.05) is 42.5 Å². The predicted octanol–water partition coefficient (Wildman–Crippen LogP) is 3.37. The van der Waals surface area contributed by atoms with Gasteiger partial charge in [-0.25, -0.2) is 0 Å². The summed E-state index contributed by atoms with van der Waals surface area (Å²) in [5, 5.41) is 15.4. The maximum atomic E-state index is 12.5. The minimum atomic E-state index is -0.474. The molecule has 1 aromatic heterocycles. The van der Waals surface area contributed by atoms with Gasteiger partial charge in [0.15, 0.2) is 11.5 Å². The number of carbonyl (C=O) groups is 2. The van der Waals surface area contributed by atoms with Crippen LogP contribution < -0.4 is 15.4 Å². The average Bonchev–Trinajstić information content (AvgIpc) is 2.80. The number of phenols is 1. The van der Waals surface area contributed by atoms with Gasteiger partial charge in [-0.15, -0.1) is 0 Å². The number of imide groups is 1. The molecule has 7 nitrogen and oxygen atoms in total. The lowest BCUT2D eigenvalue weighted by Gasteiger charge is -2.19. The number of ether oxygens (including phenoxy) is 1. The number of pyridine rings is 1. The van der Waals surface area contributed by atoms with Crippen LogP contribution in [0.15, 0.2) is 67.0 Å². The Morgan fingerprint density at radius 3 is 2.66 bits per heavy atom. The molecule has 4 rings (SSSR count). The summed E-state index contributed by atoms with van der Waals surface area (Å²) >= 11 is 0. The Morgan fingerprint density at radius 1 is 1.03 bits per heavy atom. The minimum absolute atomic E-state index is 0.0372. The number of phenolic OH excluding ortho intramolecular Hbond substituents is 1. The van der Waals surface area contributed by atoms with E-state index in [-0.39, 0.29) is 5.75 Å².